The fourth-order valence-corrected chi connectivity index (χ4v) is 1.33. The summed E-state index contributed by atoms with van der Waals surface area (Å²) in [4.78, 5) is 0. The molecule has 1 aliphatic carbocycles. The van der Waals surface area contributed by atoms with Gasteiger partial charge in [-0.1, -0.05) is 0 Å². The van der Waals surface area contributed by atoms with Gasteiger partial charge < -0.3 is 0 Å². The predicted molar refractivity (Wildman–Crippen MR) is 33.6 cm³/mol. The molecular formula is C7H2F10. The lowest BCUT2D eigenvalue weighted by molar-refractivity contribution is -0.174. The first-order valence-electron chi connectivity index (χ1n) is 3.85. The minimum absolute atomic E-state index is 2.87. The van der Waals surface area contributed by atoms with E-state index < -0.39 is 41.8 Å². The zero-order valence-corrected chi connectivity index (χ0v) is 7.49. The first-order chi connectivity index (χ1) is 7.23. The van der Waals surface area contributed by atoms with Crippen LogP contribution < -0.4 is 0 Å². The third kappa shape index (κ3) is 1.97. The summed E-state index contributed by atoms with van der Waals surface area (Å²) in [5.74, 6) is -20.5. The fourth-order valence-electron chi connectivity index (χ4n) is 1.33. The molecule has 0 nitrogen and oxygen atoms in total. The molecule has 0 aromatic carbocycles. The van der Waals surface area contributed by atoms with Crippen LogP contribution in [-0.4, -0.2) is 23.9 Å². The van der Waals surface area contributed by atoms with Crippen molar-refractivity contribution in [2.45, 2.75) is 30.4 Å². The van der Waals surface area contributed by atoms with E-state index in [1.807, 2.05) is 0 Å². The molecular weight excluding hydrogens is 274 g/mol. The Morgan fingerprint density at radius 2 is 1.35 bits per heavy atom. The molecule has 0 atom stereocenters. The molecule has 1 fully saturated rings. The molecule has 100 valence electrons. The van der Waals surface area contributed by atoms with Gasteiger partial charge in [-0.05, 0) is 0 Å². The van der Waals surface area contributed by atoms with Crippen molar-refractivity contribution in [2.75, 3.05) is 0 Å². The molecule has 0 aliphatic heterocycles. The van der Waals surface area contributed by atoms with Crippen LogP contribution in [0.1, 0.15) is 6.42 Å². The number of hydrogen-bond donors (Lipinski definition) is 0. The number of halogens is 10. The van der Waals surface area contributed by atoms with E-state index >= 15 is 0 Å². The van der Waals surface area contributed by atoms with Gasteiger partial charge >= 0.3 is 18.0 Å². The van der Waals surface area contributed by atoms with Gasteiger partial charge in [-0.3, -0.25) is 0 Å². The van der Waals surface area contributed by atoms with Crippen molar-refractivity contribution in [3.05, 3.63) is 11.4 Å². The Hall–Kier alpha value is -0.960. The summed E-state index contributed by atoms with van der Waals surface area (Å²) in [5, 5.41) is 0. The van der Waals surface area contributed by atoms with Crippen LogP contribution in [0.3, 0.4) is 0 Å². The van der Waals surface area contributed by atoms with E-state index in [9.17, 15) is 43.9 Å². The van der Waals surface area contributed by atoms with Gasteiger partial charge in [0.25, 0.3) is 5.92 Å². The second-order valence-electron chi connectivity index (χ2n) is 3.35. The lowest BCUT2D eigenvalue weighted by Gasteiger charge is -2.19. The van der Waals surface area contributed by atoms with Gasteiger partial charge in [0.05, 0.1) is 6.42 Å². The minimum atomic E-state index is -6.18. The van der Waals surface area contributed by atoms with E-state index in [2.05, 4.69) is 0 Å². The van der Waals surface area contributed by atoms with Crippen molar-refractivity contribution in [1.82, 2.24) is 0 Å². The molecule has 0 spiro atoms. The highest BCUT2D eigenvalue weighted by atomic mass is 19.4. The number of hydrogen-bond acceptors (Lipinski definition) is 0. The lowest BCUT2D eigenvalue weighted by atomic mass is 10.1. The van der Waals surface area contributed by atoms with Crippen molar-refractivity contribution < 1.29 is 43.9 Å². The summed E-state index contributed by atoms with van der Waals surface area (Å²) in [6.45, 7) is 0. The van der Waals surface area contributed by atoms with Crippen molar-refractivity contribution in [3.8, 4) is 0 Å². The van der Waals surface area contributed by atoms with E-state index in [0.29, 0.717) is 0 Å². The zero-order chi connectivity index (χ0) is 13.9. The number of allylic oxidation sites excluding steroid dienone is 2. The maximum absolute atomic E-state index is 12.6. The van der Waals surface area contributed by atoms with Crippen LogP contribution in [0.15, 0.2) is 11.4 Å². The molecule has 0 unspecified atom stereocenters. The predicted octanol–water partition coefficient (Wildman–Crippen LogP) is 4.08. The summed E-state index contributed by atoms with van der Waals surface area (Å²) in [7, 11) is 0. The standard InChI is InChI=1S/C7H2F10/c8-3(7(15,16)17)2-4(9,10)1-5(11,12)6(2,13)14/h1H2. The van der Waals surface area contributed by atoms with Gasteiger partial charge in [-0.15, -0.1) is 0 Å². The highest BCUT2D eigenvalue weighted by Gasteiger charge is 2.76. The molecule has 0 bridgehead atoms. The SMILES string of the molecule is FC(=C1C(F)(F)CC(F)(F)C1(F)F)C(F)(F)F. The molecule has 1 saturated carbocycles. The van der Waals surface area contributed by atoms with E-state index in [-0.39, 0.29) is 0 Å². The van der Waals surface area contributed by atoms with Gasteiger partial charge in [-0.25, -0.2) is 13.2 Å². The highest BCUT2D eigenvalue weighted by molar-refractivity contribution is 5.36. The average molecular weight is 276 g/mol. The summed E-state index contributed by atoms with van der Waals surface area (Å²) in [6, 6.07) is 0. The van der Waals surface area contributed by atoms with Crippen LogP contribution in [0.4, 0.5) is 43.9 Å². The molecule has 0 aromatic heterocycles. The van der Waals surface area contributed by atoms with Crippen LogP contribution in [0.25, 0.3) is 0 Å². The molecule has 0 aromatic rings. The van der Waals surface area contributed by atoms with E-state index in [1.54, 1.807) is 0 Å². The molecule has 10 heteroatoms. The van der Waals surface area contributed by atoms with Gasteiger partial charge in [0.2, 0.25) is 5.83 Å². The quantitative estimate of drug-likeness (QED) is 0.585. The van der Waals surface area contributed by atoms with Gasteiger partial charge in [0, 0.05) is 0 Å². The summed E-state index contributed by atoms with van der Waals surface area (Å²) in [6.07, 6.45) is -9.05. The molecule has 0 heterocycles. The third-order valence-corrected chi connectivity index (χ3v) is 2.05. The topological polar surface area (TPSA) is 0 Å². The third-order valence-electron chi connectivity index (χ3n) is 2.05. The fraction of sp³-hybridized carbons (Fsp3) is 0.714. The maximum Gasteiger partial charge on any atom is 0.443 e. The van der Waals surface area contributed by atoms with Crippen LogP contribution in [-0.2, 0) is 0 Å². The molecule has 1 aliphatic rings. The number of rotatable bonds is 0. The Balaban J connectivity index is 3.51. The summed E-state index contributed by atoms with van der Waals surface area (Å²) in [5.41, 5.74) is -3.51. The Kier molecular flexibility index (Phi) is 2.73. The first-order valence-corrected chi connectivity index (χ1v) is 3.85. The van der Waals surface area contributed by atoms with Crippen LogP contribution in [0.5, 0.6) is 0 Å². The Morgan fingerprint density at radius 1 is 0.941 bits per heavy atom. The first kappa shape index (κ1) is 14.1. The lowest BCUT2D eigenvalue weighted by Crippen LogP contribution is -2.37. The number of alkyl halides is 9. The largest absolute Gasteiger partial charge is 0.443 e. The summed E-state index contributed by atoms with van der Waals surface area (Å²) >= 11 is 0. The zero-order valence-electron chi connectivity index (χ0n) is 7.49. The molecule has 0 radical (unpaired) electrons. The normalized spacial score (nSPS) is 29.3. The minimum Gasteiger partial charge on any atom is -0.201 e. The Labute approximate surface area is 86.9 Å². The van der Waals surface area contributed by atoms with E-state index in [1.165, 1.54) is 0 Å². The molecule has 0 N–H and O–H groups in total. The second kappa shape index (κ2) is 3.29. The average Bonchev–Trinajstić information content (AvgIpc) is 2.09. The maximum atomic E-state index is 12.6. The van der Waals surface area contributed by atoms with Gasteiger partial charge in [0.1, 0.15) is 5.57 Å². The monoisotopic (exact) mass is 276 g/mol. The van der Waals surface area contributed by atoms with E-state index in [4.69, 9.17) is 0 Å². The summed E-state index contributed by atoms with van der Waals surface area (Å²) < 4.78 is 123. The smallest absolute Gasteiger partial charge is 0.201 e. The van der Waals surface area contributed by atoms with Gasteiger partial charge in [-0.2, -0.15) is 30.7 Å². The molecule has 17 heavy (non-hydrogen) atoms. The molecule has 1 rings (SSSR count). The molecule has 0 amide bonds. The van der Waals surface area contributed by atoms with Crippen LogP contribution >= 0.6 is 0 Å². The highest BCUT2D eigenvalue weighted by Crippen LogP contribution is 2.60. The van der Waals surface area contributed by atoms with Crippen LogP contribution in [0.2, 0.25) is 0 Å². The molecule has 0 saturated heterocycles. The van der Waals surface area contributed by atoms with Crippen molar-refractivity contribution >= 4 is 0 Å². The van der Waals surface area contributed by atoms with Gasteiger partial charge in [0.15, 0.2) is 0 Å². The van der Waals surface area contributed by atoms with E-state index in [0.717, 1.165) is 0 Å². The van der Waals surface area contributed by atoms with Crippen molar-refractivity contribution in [2.24, 2.45) is 0 Å². The van der Waals surface area contributed by atoms with Crippen molar-refractivity contribution in [1.29, 1.82) is 0 Å². The second-order valence-corrected chi connectivity index (χ2v) is 3.35. The van der Waals surface area contributed by atoms with Crippen molar-refractivity contribution in [3.63, 3.8) is 0 Å². The van der Waals surface area contributed by atoms with Crippen LogP contribution in [0, 0.1) is 0 Å². The Morgan fingerprint density at radius 3 is 1.59 bits per heavy atom. The Bertz CT molecular complexity index is 359.